The van der Waals surface area contributed by atoms with Crippen molar-refractivity contribution >= 4 is 17.4 Å². The molecule has 0 spiro atoms. The topological polar surface area (TPSA) is 91.5 Å². The summed E-state index contributed by atoms with van der Waals surface area (Å²) in [5.74, 6) is -0.0602. The Bertz CT molecular complexity index is 965. The lowest BCUT2D eigenvalue weighted by atomic mass is 9.96. The molecule has 2 aliphatic carbocycles. The van der Waals surface area contributed by atoms with Crippen molar-refractivity contribution < 1.29 is 14.3 Å². The first-order valence-electron chi connectivity index (χ1n) is 15.0. The Morgan fingerprint density at radius 3 is 2.26 bits per heavy atom. The number of aliphatic imine (C=N–C) groups is 1. The summed E-state index contributed by atoms with van der Waals surface area (Å²) in [6.45, 7) is 18.1. The van der Waals surface area contributed by atoms with Crippen molar-refractivity contribution in [1.29, 1.82) is 0 Å². The predicted molar refractivity (Wildman–Crippen MR) is 159 cm³/mol. The number of rotatable bonds is 9. The lowest BCUT2D eigenvalue weighted by Gasteiger charge is -2.39. The molecule has 2 aliphatic heterocycles. The van der Waals surface area contributed by atoms with Gasteiger partial charge in [-0.2, -0.15) is 0 Å². The minimum atomic E-state index is -0.121. The third-order valence-electron chi connectivity index (χ3n) is 8.32. The van der Waals surface area contributed by atoms with Crippen molar-refractivity contribution in [3.05, 3.63) is 34.6 Å². The molecular formula is C31H51N5O3. The van der Waals surface area contributed by atoms with Crippen molar-refractivity contribution in [3.8, 4) is 0 Å². The zero-order valence-electron chi connectivity index (χ0n) is 25.0. The number of nitrogens with zero attached hydrogens (tertiary/aromatic N) is 4. The number of carbonyl (C=O) groups excluding carboxylic acids is 2. The number of Topliss-reactive ketones (excluding diaryl/α,β-unsaturated/α-hetero) is 1. The van der Waals surface area contributed by atoms with E-state index in [0.29, 0.717) is 11.7 Å². The van der Waals surface area contributed by atoms with E-state index >= 15 is 0 Å². The van der Waals surface area contributed by atoms with E-state index < -0.39 is 0 Å². The zero-order chi connectivity index (χ0) is 28.4. The molecule has 0 aromatic carbocycles. The van der Waals surface area contributed by atoms with Crippen LogP contribution in [0.1, 0.15) is 73.1 Å². The number of piperazine rings is 1. The molecule has 1 atom stereocenters. The summed E-state index contributed by atoms with van der Waals surface area (Å²) in [5, 5.41) is 0. The van der Waals surface area contributed by atoms with E-state index in [9.17, 15) is 9.59 Å². The van der Waals surface area contributed by atoms with Crippen molar-refractivity contribution in [3.63, 3.8) is 0 Å². The van der Waals surface area contributed by atoms with Gasteiger partial charge in [-0.05, 0) is 71.0 Å². The molecule has 8 heteroatoms. The Morgan fingerprint density at radius 2 is 1.72 bits per heavy atom. The Labute approximate surface area is 236 Å². The van der Waals surface area contributed by atoms with E-state index in [4.69, 9.17) is 10.5 Å². The molecule has 3 fully saturated rings. The first-order valence-corrected chi connectivity index (χ1v) is 15.0. The van der Waals surface area contributed by atoms with Gasteiger partial charge in [-0.1, -0.05) is 37.1 Å². The molecule has 2 heterocycles. The number of hydrogen-bond acceptors (Lipinski definition) is 7. The molecule has 1 amide bonds. The Morgan fingerprint density at radius 1 is 1.05 bits per heavy atom. The number of ketones is 1. The molecule has 218 valence electrons. The van der Waals surface area contributed by atoms with Crippen molar-refractivity contribution in [2.45, 2.75) is 85.2 Å². The molecule has 4 aliphatic rings. The van der Waals surface area contributed by atoms with Gasteiger partial charge in [0.25, 0.3) is 0 Å². The van der Waals surface area contributed by atoms with Crippen LogP contribution < -0.4 is 5.73 Å². The maximum Gasteiger partial charge on any atom is 0.244 e. The molecule has 2 saturated heterocycles. The van der Waals surface area contributed by atoms with Crippen molar-refractivity contribution in [1.82, 2.24) is 14.7 Å². The quantitative estimate of drug-likeness (QED) is 0.448. The molecule has 2 N–H and O–H groups in total. The summed E-state index contributed by atoms with van der Waals surface area (Å²) < 4.78 is 5.17. The Kier molecular flexibility index (Phi) is 12.4. The first kappa shape index (κ1) is 31.2. The second-order valence-electron chi connectivity index (χ2n) is 11.2. The van der Waals surface area contributed by atoms with Gasteiger partial charge in [-0.15, -0.1) is 0 Å². The van der Waals surface area contributed by atoms with Crippen LogP contribution in [0.5, 0.6) is 0 Å². The van der Waals surface area contributed by atoms with Gasteiger partial charge in [0, 0.05) is 44.9 Å². The van der Waals surface area contributed by atoms with Crippen LogP contribution in [0.3, 0.4) is 0 Å². The third-order valence-corrected chi connectivity index (χ3v) is 8.32. The van der Waals surface area contributed by atoms with Gasteiger partial charge in [0.1, 0.15) is 6.54 Å². The monoisotopic (exact) mass is 541 g/mol. The number of ether oxygens (including phenoxy) is 1. The van der Waals surface area contributed by atoms with E-state index in [1.54, 1.807) is 0 Å². The van der Waals surface area contributed by atoms with E-state index in [1.807, 2.05) is 4.90 Å². The summed E-state index contributed by atoms with van der Waals surface area (Å²) in [5.41, 5.74) is 10.6. The molecular weight excluding hydrogens is 490 g/mol. The molecule has 4 rings (SSSR count). The molecule has 8 nitrogen and oxygen atoms in total. The van der Waals surface area contributed by atoms with E-state index in [0.717, 1.165) is 82.4 Å². The van der Waals surface area contributed by atoms with Gasteiger partial charge in [-0.25, -0.2) is 0 Å². The second-order valence-corrected chi connectivity index (χ2v) is 11.2. The lowest BCUT2D eigenvalue weighted by molar-refractivity contribution is -0.131. The summed E-state index contributed by atoms with van der Waals surface area (Å²) in [6, 6.07) is 1.18. The summed E-state index contributed by atoms with van der Waals surface area (Å²) in [7, 11) is 0. The van der Waals surface area contributed by atoms with Crippen molar-refractivity contribution in [2.75, 3.05) is 59.0 Å². The summed E-state index contributed by atoms with van der Waals surface area (Å²) >= 11 is 0. The van der Waals surface area contributed by atoms with Crippen LogP contribution in [0, 0.1) is 0 Å². The smallest absolute Gasteiger partial charge is 0.244 e. The van der Waals surface area contributed by atoms with Gasteiger partial charge >= 0.3 is 0 Å². The predicted octanol–water partition coefficient (Wildman–Crippen LogP) is 3.73. The van der Waals surface area contributed by atoms with Crippen LogP contribution in [-0.4, -0.2) is 103 Å². The minimum absolute atomic E-state index is 0.0610. The molecule has 1 saturated carbocycles. The summed E-state index contributed by atoms with van der Waals surface area (Å²) in [6.07, 6.45) is 10.8. The maximum absolute atomic E-state index is 12.6. The highest BCUT2D eigenvalue weighted by Crippen LogP contribution is 2.25. The number of allylic oxidation sites excluding steroid dienone is 4. The Hall–Kier alpha value is -2.29. The fraction of sp³-hybridized carbons (Fsp3) is 0.710. The maximum atomic E-state index is 12.6. The molecule has 0 bridgehead atoms. The molecule has 0 aromatic rings. The number of amides is 1. The largest absolute Gasteiger partial charge is 0.396 e. The first-order chi connectivity index (χ1) is 18.7. The zero-order valence-corrected chi connectivity index (χ0v) is 25.0. The van der Waals surface area contributed by atoms with Gasteiger partial charge in [0.2, 0.25) is 5.91 Å². The Balaban J connectivity index is 0.000000320. The normalized spacial score (nSPS) is 24.6. The second kappa shape index (κ2) is 15.5. The van der Waals surface area contributed by atoms with Gasteiger partial charge < -0.3 is 15.4 Å². The minimum Gasteiger partial charge on any atom is -0.396 e. The lowest BCUT2D eigenvalue weighted by Crippen LogP contribution is -2.52. The van der Waals surface area contributed by atoms with Gasteiger partial charge in [-0.3, -0.25) is 24.4 Å². The highest BCUT2D eigenvalue weighted by Gasteiger charge is 2.27. The highest BCUT2D eigenvalue weighted by atomic mass is 16.5. The fourth-order valence-corrected chi connectivity index (χ4v) is 5.66. The molecule has 39 heavy (non-hydrogen) atoms. The number of nitrogens with two attached hydrogens (primary N) is 1. The van der Waals surface area contributed by atoms with Crippen molar-refractivity contribution in [2.24, 2.45) is 10.7 Å². The fourth-order valence-electron chi connectivity index (χ4n) is 5.66. The van der Waals surface area contributed by atoms with Crippen LogP contribution in [0.25, 0.3) is 0 Å². The van der Waals surface area contributed by atoms with Crippen LogP contribution in [0.2, 0.25) is 0 Å². The molecule has 0 radical (unpaired) electrons. The van der Waals surface area contributed by atoms with E-state index in [2.05, 4.69) is 54.6 Å². The van der Waals surface area contributed by atoms with Crippen LogP contribution >= 0.6 is 0 Å². The third kappa shape index (κ3) is 8.85. The van der Waals surface area contributed by atoms with Crippen LogP contribution in [0.15, 0.2) is 39.6 Å². The van der Waals surface area contributed by atoms with Gasteiger partial charge in [0.05, 0.1) is 25.0 Å². The van der Waals surface area contributed by atoms with E-state index in [-0.39, 0.29) is 18.2 Å². The average Bonchev–Trinajstić information content (AvgIpc) is 3.37. The SMILES string of the molecule is CC(=O)/C(N)=C1\CCCC1=NCC(=O)N1CCN(C2C=C(C)C(C)=CC2)CC1.CCCN(CCC)C1COC1. The number of carbonyl (C=O) groups is 2. The van der Waals surface area contributed by atoms with Crippen LogP contribution in [-0.2, 0) is 14.3 Å². The average molecular weight is 542 g/mol. The molecule has 1 unspecified atom stereocenters. The standard InChI is InChI=1S/C22H32N4O2.C9H19NO/c1-15-7-8-18(13-16(15)2)25-9-11-26(12-10-25)21(28)14-24-20-6-4-5-19(20)22(23)17(3)27;1-3-5-10(6-4-2)9-7-11-8-9/h7,13,18H,4-6,8-12,14,23H2,1-3H3;9H,3-8H2,1-2H3/b22-19-,24-20?;. The van der Waals surface area contributed by atoms with E-state index in [1.165, 1.54) is 44.0 Å². The number of hydrogen-bond donors (Lipinski definition) is 1. The highest BCUT2D eigenvalue weighted by molar-refractivity contribution is 6.09. The van der Waals surface area contributed by atoms with Gasteiger partial charge in [0.15, 0.2) is 5.78 Å². The van der Waals surface area contributed by atoms with Crippen LogP contribution in [0.4, 0.5) is 0 Å². The molecule has 0 aromatic heterocycles. The summed E-state index contributed by atoms with van der Waals surface area (Å²) in [4.78, 5) is 35.6.